The Labute approximate surface area is 168 Å². The van der Waals surface area contributed by atoms with Gasteiger partial charge in [-0.05, 0) is 51.4 Å². The number of benzene rings is 1. The van der Waals surface area contributed by atoms with E-state index in [2.05, 4.69) is 22.1 Å². The molecule has 0 aromatic heterocycles. The molecule has 0 bridgehead atoms. The van der Waals surface area contributed by atoms with Crippen LogP contribution in [0.4, 0.5) is 5.69 Å². The molecule has 1 aromatic carbocycles. The van der Waals surface area contributed by atoms with Gasteiger partial charge in [0.1, 0.15) is 0 Å². The fourth-order valence-electron chi connectivity index (χ4n) is 3.01. The lowest BCUT2D eigenvalue weighted by molar-refractivity contribution is 0.168. The maximum atomic E-state index is 5.99. The third kappa shape index (κ3) is 6.89. The Morgan fingerprint density at radius 2 is 1.88 bits per heavy atom. The molecule has 0 saturated carbocycles. The molecule has 1 aliphatic rings. The predicted octanol–water partition coefficient (Wildman–Crippen LogP) is 3.31. The summed E-state index contributed by atoms with van der Waals surface area (Å²) in [5, 5.41) is 3.10. The number of halogens is 1. The van der Waals surface area contributed by atoms with Crippen molar-refractivity contribution in [1.82, 2.24) is 4.90 Å². The number of ether oxygens (including phenoxy) is 2. The minimum Gasteiger partial charge on any atom is -0.493 e. The first-order valence-electron chi connectivity index (χ1n) is 8.67. The molecule has 1 aliphatic heterocycles. The van der Waals surface area contributed by atoms with Gasteiger partial charge in [-0.15, -0.1) is 24.0 Å². The van der Waals surface area contributed by atoms with Gasteiger partial charge in [-0.3, -0.25) is 4.99 Å². The number of hydrogen-bond donors (Lipinski definition) is 2. The van der Waals surface area contributed by atoms with Crippen LogP contribution >= 0.6 is 24.0 Å². The maximum Gasteiger partial charge on any atom is 0.193 e. The lowest BCUT2D eigenvalue weighted by Gasteiger charge is -2.32. The van der Waals surface area contributed by atoms with Crippen molar-refractivity contribution < 1.29 is 9.47 Å². The van der Waals surface area contributed by atoms with Gasteiger partial charge in [0.25, 0.3) is 0 Å². The van der Waals surface area contributed by atoms with Gasteiger partial charge in [0.2, 0.25) is 0 Å². The molecular formula is C18H31IN4O2. The second-order valence-electron chi connectivity index (χ2n) is 6.20. The van der Waals surface area contributed by atoms with Crippen LogP contribution in [0, 0.1) is 0 Å². The zero-order chi connectivity index (χ0) is 17.4. The van der Waals surface area contributed by atoms with Crippen LogP contribution in [0.2, 0.25) is 0 Å². The highest BCUT2D eigenvalue weighted by atomic mass is 127. The number of nitrogens with one attached hydrogen (secondary N) is 1. The Bertz CT molecular complexity index is 548. The number of nitrogens with zero attached hydrogens (tertiary/aromatic N) is 2. The van der Waals surface area contributed by atoms with Gasteiger partial charge in [-0.25, -0.2) is 0 Å². The molecule has 1 atom stereocenters. The highest BCUT2D eigenvalue weighted by molar-refractivity contribution is 14.0. The second-order valence-corrected chi connectivity index (χ2v) is 6.20. The lowest BCUT2D eigenvalue weighted by atomic mass is 10.1. The summed E-state index contributed by atoms with van der Waals surface area (Å²) >= 11 is 0. The van der Waals surface area contributed by atoms with Crippen LogP contribution in [0.3, 0.4) is 0 Å². The molecule has 3 N–H and O–H groups in total. The van der Waals surface area contributed by atoms with E-state index in [4.69, 9.17) is 15.2 Å². The van der Waals surface area contributed by atoms with Gasteiger partial charge in [0, 0.05) is 24.3 Å². The third-order valence-corrected chi connectivity index (χ3v) is 4.50. The Kier molecular flexibility index (Phi) is 9.96. The van der Waals surface area contributed by atoms with E-state index >= 15 is 0 Å². The molecule has 1 aromatic rings. The van der Waals surface area contributed by atoms with Crippen molar-refractivity contribution >= 4 is 35.6 Å². The van der Waals surface area contributed by atoms with Gasteiger partial charge >= 0.3 is 0 Å². The lowest BCUT2D eigenvalue weighted by Crippen LogP contribution is -2.37. The molecule has 1 fully saturated rings. The topological polar surface area (TPSA) is 72.1 Å². The van der Waals surface area contributed by atoms with Crippen LogP contribution < -0.4 is 20.5 Å². The Morgan fingerprint density at radius 1 is 1.20 bits per heavy atom. The quantitative estimate of drug-likeness (QED) is 0.370. The first-order valence-corrected chi connectivity index (χ1v) is 8.67. The van der Waals surface area contributed by atoms with Crippen molar-refractivity contribution in [2.45, 2.75) is 38.6 Å². The van der Waals surface area contributed by atoms with Crippen LogP contribution in [0.1, 0.15) is 32.6 Å². The minimum atomic E-state index is 0. The summed E-state index contributed by atoms with van der Waals surface area (Å²) in [6.07, 6.45) is 5.02. The van der Waals surface area contributed by atoms with Crippen LogP contribution in [0.5, 0.6) is 11.5 Å². The fourth-order valence-corrected chi connectivity index (χ4v) is 3.01. The van der Waals surface area contributed by atoms with Crippen LogP contribution in [0.25, 0.3) is 0 Å². The summed E-state index contributed by atoms with van der Waals surface area (Å²) in [6, 6.07) is 6.13. The van der Waals surface area contributed by atoms with Crippen LogP contribution in [-0.2, 0) is 0 Å². The summed E-state index contributed by atoms with van der Waals surface area (Å²) in [6.45, 7) is 5.43. The van der Waals surface area contributed by atoms with Crippen molar-refractivity contribution in [1.29, 1.82) is 0 Å². The molecule has 1 heterocycles. The molecule has 2 rings (SSSR count). The van der Waals surface area contributed by atoms with Gasteiger partial charge in [0.05, 0.1) is 14.2 Å². The molecule has 0 spiro atoms. The molecule has 0 radical (unpaired) electrons. The average Bonchev–Trinajstić information content (AvgIpc) is 2.62. The zero-order valence-corrected chi connectivity index (χ0v) is 17.8. The molecule has 7 heteroatoms. The molecule has 1 saturated heterocycles. The molecule has 1 unspecified atom stereocenters. The summed E-state index contributed by atoms with van der Waals surface area (Å²) in [7, 11) is 3.23. The molecule has 25 heavy (non-hydrogen) atoms. The molecular weight excluding hydrogens is 431 g/mol. The Hall–Kier alpha value is -1.22. The zero-order valence-electron chi connectivity index (χ0n) is 15.5. The highest BCUT2D eigenvalue weighted by Gasteiger charge is 2.15. The van der Waals surface area contributed by atoms with Gasteiger partial charge in [-0.1, -0.05) is 6.42 Å². The Balaban J connectivity index is 0.00000312. The number of rotatable bonds is 7. The second kappa shape index (κ2) is 11.4. The van der Waals surface area contributed by atoms with Crippen molar-refractivity contribution in [2.24, 2.45) is 10.7 Å². The number of hydrogen-bond acceptors (Lipinski definition) is 4. The molecule has 0 amide bonds. The average molecular weight is 462 g/mol. The standard InChI is InChI=1S/C18H30N4O2.HI/c1-14(22-11-5-4-6-12-22)9-10-20-18(19)21-15-7-8-16(23-2)17(13-15)24-3;/h7-8,13-14H,4-6,9-12H2,1-3H3,(H3,19,20,21);1H. The first kappa shape index (κ1) is 21.8. The number of likely N-dealkylation sites (tertiary alicyclic amines) is 1. The number of guanidine groups is 1. The smallest absolute Gasteiger partial charge is 0.193 e. The van der Waals surface area contributed by atoms with E-state index in [1.54, 1.807) is 14.2 Å². The van der Waals surface area contributed by atoms with E-state index in [-0.39, 0.29) is 24.0 Å². The van der Waals surface area contributed by atoms with Gasteiger partial charge in [-0.2, -0.15) is 0 Å². The monoisotopic (exact) mass is 462 g/mol. The molecule has 0 aliphatic carbocycles. The predicted molar refractivity (Wildman–Crippen MR) is 115 cm³/mol. The van der Waals surface area contributed by atoms with E-state index in [1.165, 1.54) is 32.4 Å². The largest absolute Gasteiger partial charge is 0.493 e. The van der Waals surface area contributed by atoms with Crippen LogP contribution in [-0.4, -0.2) is 50.8 Å². The van der Waals surface area contributed by atoms with E-state index in [0.717, 1.165) is 18.7 Å². The van der Waals surface area contributed by atoms with Crippen molar-refractivity contribution in [2.75, 3.05) is 39.2 Å². The third-order valence-electron chi connectivity index (χ3n) is 4.50. The van der Waals surface area contributed by atoms with Crippen molar-refractivity contribution in [3.8, 4) is 11.5 Å². The van der Waals surface area contributed by atoms with E-state index < -0.39 is 0 Å². The number of piperidine rings is 1. The van der Waals surface area contributed by atoms with Gasteiger partial charge < -0.3 is 25.4 Å². The summed E-state index contributed by atoms with van der Waals surface area (Å²) < 4.78 is 10.5. The normalized spacial score (nSPS) is 16.7. The van der Waals surface area contributed by atoms with Crippen LogP contribution in [0.15, 0.2) is 23.2 Å². The summed E-state index contributed by atoms with van der Waals surface area (Å²) in [5.41, 5.74) is 6.82. The van der Waals surface area contributed by atoms with Crippen molar-refractivity contribution in [3.63, 3.8) is 0 Å². The summed E-state index contributed by atoms with van der Waals surface area (Å²) in [5.74, 6) is 1.77. The number of anilines is 1. The molecule has 142 valence electrons. The van der Waals surface area contributed by atoms with Crippen molar-refractivity contribution in [3.05, 3.63) is 18.2 Å². The van der Waals surface area contributed by atoms with E-state index in [9.17, 15) is 0 Å². The minimum absolute atomic E-state index is 0. The Morgan fingerprint density at radius 3 is 2.52 bits per heavy atom. The SMILES string of the molecule is COc1ccc(NC(N)=NCCC(C)N2CCCCC2)cc1OC.I. The van der Waals surface area contributed by atoms with Gasteiger partial charge in [0.15, 0.2) is 17.5 Å². The van der Waals surface area contributed by atoms with E-state index in [0.29, 0.717) is 23.5 Å². The highest BCUT2D eigenvalue weighted by Crippen LogP contribution is 2.29. The number of nitrogens with two attached hydrogens (primary N) is 1. The summed E-state index contributed by atoms with van der Waals surface area (Å²) in [4.78, 5) is 6.99. The number of methoxy groups -OCH3 is 2. The molecule has 6 nitrogen and oxygen atoms in total. The fraction of sp³-hybridized carbons (Fsp3) is 0.611. The maximum absolute atomic E-state index is 5.99. The first-order chi connectivity index (χ1) is 11.6. The van der Waals surface area contributed by atoms with E-state index in [1.807, 2.05) is 18.2 Å². The number of aliphatic imine (C=N–C) groups is 1.